The number of nitrogens with two attached hydrogens (primary N) is 2. The lowest BCUT2D eigenvalue weighted by molar-refractivity contribution is 0.0695. The van der Waals surface area contributed by atoms with Gasteiger partial charge in [0.2, 0.25) is 0 Å². The van der Waals surface area contributed by atoms with Gasteiger partial charge in [-0.3, -0.25) is 0 Å². The number of hydrazine groups is 1. The Labute approximate surface area is 223 Å². The van der Waals surface area contributed by atoms with Crippen LogP contribution in [0, 0.1) is 11.8 Å². The van der Waals surface area contributed by atoms with Gasteiger partial charge in [-0.1, -0.05) is 49.9 Å². The van der Waals surface area contributed by atoms with Crippen molar-refractivity contribution in [3.05, 3.63) is 77.9 Å². The third kappa shape index (κ3) is 5.86. The molecule has 5 rings (SSSR count). The zero-order valence-electron chi connectivity index (χ0n) is 21.9. The van der Waals surface area contributed by atoms with Crippen LogP contribution in [0.2, 0.25) is 0 Å². The Morgan fingerprint density at radius 1 is 1.13 bits per heavy atom. The number of aromatic nitrogens is 2. The maximum Gasteiger partial charge on any atom is 0.339 e. The van der Waals surface area contributed by atoms with Gasteiger partial charge in [-0.05, 0) is 60.6 Å². The van der Waals surface area contributed by atoms with Crippen LogP contribution >= 0.6 is 0 Å². The summed E-state index contributed by atoms with van der Waals surface area (Å²) >= 11 is 0. The summed E-state index contributed by atoms with van der Waals surface area (Å²) < 4.78 is 7.96. The minimum absolute atomic E-state index is 0.0278. The summed E-state index contributed by atoms with van der Waals surface area (Å²) in [4.78, 5) is 12.0. The van der Waals surface area contributed by atoms with Gasteiger partial charge in [-0.25, -0.2) is 15.3 Å². The molecule has 0 amide bonds. The number of hydrogen-bond donors (Lipinski definition) is 3. The Balaban J connectivity index is 1.39. The number of allylic oxidation sites excluding steroid dienone is 1. The van der Waals surface area contributed by atoms with E-state index in [-0.39, 0.29) is 17.4 Å². The van der Waals surface area contributed by atoms with Crippen LogP contribution in [0.4, 0.5) is 0 Å². The quantitative estimate of drug-likeness (QED) is 0.201. The molecule has 8 heteroatoms. The third-order valence-electron chi connectivity index (χ3n) is 7.68. The molecule has 1 heterocycles. The van der Waals surface area contributed by atoms with Crippen LogP contribution < -0.4 is 16.3 Å². The summed E-state index contributed by atoms with van der Waals surface area (Å²) in [6.45, 7) is 0.762. The summed E-state index contributed by atoms with van der Waals surface area (Å²) in [5.41, 5.74) is 10.6. The van der Waals surface area contributed by atoms with Crippen molar-refractivity contribution >= 4 is 5.97 Å². The molecular formula is C30H37N5O3. The monoisotopic (exact) mass is 515 g/mol. The van der Waals surface area contributed by atoms with E-state index >= 15 is 0 Å². The molecule has 2 aromatic carbocycles. The van der Waals surface area contributed by atoms with Crippen molar-refractivity contribution in [3.8, 4) is 22.6 Å². The van der Waals surface area contributed by atoms with E-state index in [2.05, 4.69) is 17.2 Å². The lowest BCUT2D eigenvalue weighted by atomic mass is 10.0. The van der Waals surface area contributed by atoms with E-state index in [1.165, 1.54) is 49.7 Å². The van der Waals surface area contributed by atoms with E-state index in [1.807, 2.05) is 36.4 Å². The van der Waals surface area contributed by atoms with E-state index in [0.29, 0.717) is 17.3 Å². The molecular weight excluding hydrogens is 478 g/mol. The molecule has 3 aromatic rings. The average Bonchev–Trinajstić information content (AvgIpc) is 3.64. The van der Waals surface area contributed by atoms with Gasteiger partial charge in [0, 0.05) is 30.8 Å². The van der Waals surface area contributed by atoms with Gasteiger partial charge in [0.25, 0.3) is 0 Å². The molecule has 0 radical (unpaired) electrons. The molecule has 2 aliphatic rings. The van der Waals surface area contributed by atoms with Gasteiger partial charge in [-0.15, -0.1) is 0 Å². The number of ether oxygens (including phenoxy) is 1. The van der Waals surface area contributed by atoms with Crippen molar-refractivity contribution < 1.29 is 14.6 Å². The zero-order valence-corrected chi connectivity index (χ0v) is 21.9. The van der Waals surface area contributed by atoms with Crippen molar-refractivity contribution in [1.29, 1.82) is 0 Å². The highest BCUT2D eigenvalue weighted by atomic mass is 16.5. The molecule has 5 N–H and O–H groups in total. The molecule has 2 saturated carbocycles. The smallest absolute Gasteiger partial charge is 0.339 e. The molecule has 0 bridgehead atoms. The lowest BCUT2D eigenvalue weighted by Crippen LogP contribution is -2.21. The van der Waals surface area contributed by atoms with E-state index in [4.69, 9.17) is 16.3 Å². The SMILES string of the molecule is CN(N)/C=C(\N)[C@@H]1CC1c1c(C(=O)O)cnn1-c1cccc(-c2cccc(OCC3CCCCCC3)c2)c1. The molecule has 2 fully saturated rings. The van der Waals surface area contributed by atoms with Crippen molar-refractivity contribution in [2.75, 3.05) is 13.7 Å². The average molecular weight is 516 g/mol. The largest absolute Gasteiger partial charge is 0.493 e. The number of carboxylic acids is 1. The van der Waals surface area contributed by atoms with Crippen LogP contribution in [0.1, 0.15) is 66.9 Å². The van der Waals surface area contributed by atoms with E-state index < -0.39 is 5.97 Å². The number of carboxylic acid groups (broad SMARTS) is 1. The number of nitrogens with zero attached hydrogens (tertiary/aromatic N) is 3. The highest BCUT2D eigenvalue weighted by molar-refractivity contribution is 5.89. The molecule has 0 spiro atoms. The number of carbonyl (C=O) groups is 1. The van der Waals surface area contributed by atoms with Crippen LogP contribution in [0.5, 0.6) is 5.75 Å². The first-order valence-electron chi connectivity index (χ1n) is 13.5. The van der Waals surface area contributed by atoms with Crippen molar-refractivity contribution in [1.82, 2.24) is 14.8 Å². The standard InChI is InChI=1S/C30H37N5O3/c1-34(32)18-28(31)25-16-26(25)29-27(30(36)37)17-33-35(29)23-12-6-10-21(14-23)22-11-7-13-24(15-22)38-19-20-8-4-2-3-5-9-20/h6-7,10-15,17-18,20,25-26H,2-5,8-9,16,19,31-32H2,1H3,(H,36,37)/b28-18-/t25-,26?/m1/s1. The summed E-state index contributed by atoms with van der Waals surface area (Å²) in [7, 11) is 1.71. The summed E-state index contributed by atoms with van der Waals surface area (Å²) in [6, 6.07) is 16.2. The number of aromatic carboxylic acids is 1. The van der Waals surface area contributed by atoms with Crippen LogP contribution in [-0.2, 0) is 0 Å². The molecule has 38 heavy (non-hydrogen) atoms. The number of hydrogen-bond acceptors (Lipinski definition) is 6. The molecule has 2 atom stereocenters. The molecule has 1 unspecified atom stereocenters. The Hall–Kier alpha value is -3.78. The number of benzene rings is 2. The zero-order chi connectivity index (χ0) is 26.6. The van der Waals surface area contributed by atoms with Crippen molar-refractivity contribution in [2.45, 2.75) is 50.9 Å². The first-order chi connectivity index (χ1) is 18.4. The Morgan fingerprint density at radius 3 is 2.55 bits per heavy atom. The molecule has 2 aliphatic carbocycles. The molecule has 1 aromatic heterocycles. The minimum atomic E-state index is -0.995. The van der Waals surface area contributed by atoms with Crippen molar-refractivity contribution in [3.63, 3.8) is 0 Å². The lowest BCUT2D eigenvalue weighted by Gasteiger charge is -2.16. The first kappa shape index (κ1) is 25.9. The van der Waals surface area contributed by atoms with Crippen LogP contribution in [-0.4, -0.2) is 39.5 Å². The second-order valence-electron chi connectivity index (χ2n) is 10.7. The van der Waals surface area contributed by atoms with Gasteiger partial charge in [-0.2, -0.15) is 5.10 Å². The number of rotatable bonds is 9. The van der Waals surface area contributed by atoms with Crippen molar-refractivity contribution in [2.24, 2.45) is 23.4 Å². The Morgan fingerprint density at radius 2 is 1.84 bits per heavy atom. The fourth-order valence-corrected chi connectivity index (χ4v) is 5.61. The highest BCUT2D eigenvalue weighted by Crippen LogP contribution is 2.51. The first-order valence-corrected chi connectivity index (χ1v) is 13.5. The summed E-state index contributed by atoms with van der Waals surface area (Å²) in [6.07, 6.45) is 11.6. The molecule has 8 nitrogen and oxygen atoms in total. The second-order valence-corrected chi connectivity index (χ2v) is 10.7. The van der Waals surface area contributed by atoms with Gasteiger partial charge >= 0.3 is 5.97 Å². The van der Waals surface area contributed by atoms with E-state index in [0.717, 1.165) is 35.6 Å². The highest BCUT2D eigenvalue weighted by Gasteiger charge is 2.45. The topological polar surface area (TPSA) is 120 Å². The van der Waals surface area contributed by atoms with Crippen LogP contribution in [0.3, 0.4) is 0 Å². The van der Waals surface area contributed by atoms with Gasteiger partial charge in [0.15, 0.2) is 0 Å². The molecule has 200 valence electrons. The predicted molar refractivity (Wildman–Crippen MR) is 148 cm³/mol. The van der Waals surface area contributed by atoms with Crippen LogP contribution in [0.15, 0.2) is 66.6 Å². The fourth-order valence-electron chi connectivity index (χ4n) is 5.61. The van der Waals surface area contributed by atoms with Crippen LogP contribution in [0.25, 0.3) is 16.8 Å². The third-order valence-corrected chi connectivity index (χ3v) is 7.68. The second kappa shape index (κ2) is 11.3. The maximum absolute atomic E-state index is 12.0. The Bertz CT molecular complexity index is 1310. The van der Waals surface area contributed by atoms with Gasteiger partial charge < -0.3 is 20.6 Å². The normalized spacial score (nSPS) is 20.1. The molecule has 0 aliphatic heterocycles. The van der Waals surface area contributed by atoms with Gasteiger partial charge in [0.1, 0.15) is 11.3 Å². The fraction of sp³-hybridized carbons (Fsp3) is 0.400. The molecule has 0 saturated heterocycles. The van der Waals surface area contributed by atoms with E-state index in [9.17, 15) is 9.90 Å². The summed E-state index contributed by atoms with van der Waals surface area (Å²) in [5, 5.41) is 15.8. The predicted octanol–water partition coefficient (Wildman–Crippen LogP) is 5.30. The summed E-state index contributed by atoms with van der Waals surface area (Å²) in [5.74, 6) is 6.22. The Kier molecular flexibility index (Phi) is 7.69. The van der Waals surface area contributed by atoms with Gasteiger partial charge in [0.05, 0.1) is 24.2 Å². The van der Waals surface area contributed by atoms with E-state index in [1.54, 1.807) is 17.9 Å². The minimum Gasteiger partial charge on any atom is -0.493 e. The maximum atomic E-state index is 12.0.